The molecule has 1 fully saturated rings. The van der Waals surface area contributed by atoms with Crippen LogP contribution in [0.15, 0.2) is 18.2 Å². The zero-order valence-corrected chi connectivity index (χ0v) is 12.5. The number of halogens is 2. The van der Waals surface area contributed by atoms with Crippen LogP contribution in [0.4, 0.5) is 0 Å². The Kier molecular flexibility index (Phi) is 3.70. The van der Waals surface area contributed by atoms with Crippen LogP contribution >= 0.6 is 23.2 Å². The number of aromatic nitrogens is 2. The lowest BCUT2D eigenvalue weighted by Gasteiger charge is -2.31. The summed E-state index contributed by atoms with van der Waals surface area (Å²) in [6, 6.07) is 6.28. The third kappa shape index (κ3) is 2.35. The van der Waals surface area contributed by atoms with Gasteiger partial charge in [-0.3, -0.25) is 0 Å². The molecule has 2 aromatic rings. The number of likely N-dealkylation sites (tertiary alicyclic amines) is 1. The smallest absolute Gasteiger partial charge is 0.125 e. The van der Waals surface area contributed by atoms with Crippen molar-refractivity contribution >= 4 is 34.2 Å². The molecule has 3 nitrogen and oxygen atoms in total. The Labute approximate surface area is 123 Å². The molecular formula is C14H17Cl2N3. The predicted molar refractivity (Wildman–Crippen MR) is 80.1 cm³/mol. The van der Waals surface area contributed by atoms with E-state index < -0.39 is 0 Å². The van der Waals surface area contributed by atoms with Gasteiger partial charge in [0.15, 0.2) is 0 Å². The van der Waals surface area contributed by atoms with Crippen LogP contribution in [0.2, 0.25) is 5.02 Å². The Bertz CT molecular complexity index is 594. The van der Waals surface area contributed by atoms with E-state index in [9.17, 15) is 0 Å². The number of benzene rings is 1. The van der Waals surface area contributed by atoms with E-state index >= 15 is 0 Å². The number of imidazole rings is 1. The van der Waals surface area contributed by atoms with E-state index in [2.05, 4.69) is 21.5 Å². The van der Waals surface area contributed by atoms with E-state index in [1.807, 2.05) is 18.2 Å². The largest absolute Gasteiger partial charge is 0.321 e. The number of hydrogen-bond donors (Lipinski definition) is 0. The first-order valence-corrected chi connectivity index (χ1v) is 7.52. The molecule has 1 aromatic heterocycles. The average molecular weight is 298 g/mol. The van der Waals surface area contributed by atoms with Crippen molar-refractivity contribution < 1.29 is 0 Å². The summed E-state index contributed by atoms with van der Waals surface area (Å²) in [5.74, 6) is 1.34. The molecule has 3 rings (SSSR count). The Balaban J connectivity index is 2.14. The van der Waals surface area contributed by atoms with Crippen molar-refractivity contribution in [2.75, 3.05) is 20.1 Å². The Morgan fingerprint density at radius 2 is 2.26 bits per heavy atom. The zero-order chi connectivity index (χ0) is 13.4. The van der Waals surface area contributed by atoms with Crippen molar-refractivity contribution in [1.82, 2.24) is 14.5 Å². The number of alkyl halides is 1. The molecule has 0 saturated carbocycles. The standard InChI is InChI=1S/C14H17Cl2N3/c1-18-7-3-4-10(9-18)19-13(8-15)17-12-6-2-5-11(16)14(12)19/h2,5-6,10H,3-4,7-9H2,1H3. The monoisotopic (exact) mass is 297 g/mol. The molecule has 0 N–H and O–H groups in total. The fraction of sp³-hybridized carbons (Fsp3) is 0.500. The molecular weight excluding hydrogens is 281 g/mol. The summed E-state index contributed by atoms with van der Waals surface area (Å²) in [4.78, 5) is 6.98. The van der Waals surface area contributed by atoms with Gasteiger partial charge >= 0.3 is 0 Å². The van der Waals surface area contributed by atoms with E-state index in [0.717, 1.165) is 41.4 Å². The Morgan fingerprint density at radius 1 is 1.42 bits per heavy atom. The van der Waals surface area contributed by atoms with Gasteiger partial charge in [-0.25, -0.2) is 4.98 Å². The lowest BCUT2D eigenvalue weighted by Crippen LogP contribution is -2.34. The predicted octanol–water partition coefficient (Wildman–Crippen LogP) is 3.70. The van der Waals surface area contributed by atoms with Crippen molar-refractivity contribution in [3.05, 3.63) is 29.0 Å². The van der Waals surface area contributed by atoms with E-state index in [-0.39, 0.29) is 0 Å². The topological polar surface area (TPSA) is 21.1 Å². The molecule has 0 bridgehead atoms. The van der Waals surface area contributed by atoms with E-state index in [0.29, 0.717) is 11.9 Å². The van der Waals surface area contributed by atoms with E-state index in [1.165, 1.54) is 6.42 Å². The highest BCUT2D eigenvalue weighted by atomic mass is 35.5. The average Bonchev–Trinajstić information content (AvgIpc) is 2.78. The van der Waals surface area contributed by atoms with Crippen LogP contribution < -0.4 is 0 Å². The fourth-order valence-electron chi connectivity index (χ4n) is 2.99. The number of para-hydroxylation sites is 1. The number of rotatable bonds is 2. The quantitative estimate of drug-likeness (QED) is 0.788. The second-order valence-electron chi connectivity index (χ2n) is 5.20. The maximum absolute atomic E-state index is 6.37. The number of nitrogens with zero attached hydrogens (tertiary/aromatic N) is 3. The molecule has 1 atom stereocenters. The van der Waals surface area contributed by atoms with E-state index in [4.69, 9.17) is 23.2 Å². The minimum atomic E-state index is 0.414. The molecule has 0 aliphatic carbocycles. The molecule has 0 spiro atoms. The Morgan fingerprint density at radius 3 is 3.00 bits per heavy atom. The fourth-order valence-corrected chi connectivity index (χ4v) is 3.44. The van der Waals surface area contributed by atoms with E-state index in [1.54, 1.807) is 0 Å². The first kappa shape index (κ1) is 13.2. The summed E-state index contributed by atoms with van der Waals surface area (Å²) in [6.07, 6.45) is 2.36. The van der Waals surface area contributed by atoms with Gasteiger partial charge in [0.1, 0.15) is 5.82 Å². The van der Waals surface area contributed by atoms with Gasteiger partial charge in [-0.2, -0.15) is 0 Å². The maximum atomic E-state index is 6.37. The molecule has 1 saturated heterocycles. The van der Waals surface area contributed by atoms with Crippen molar-refractivity contribution in [2.45, 2.75) is 24.8 Å². The van der Waals surface area contributed by atoms with Crippen LogP contribution in [0.25, 0.3) is 11.0 Å². The van der Waals surface area contributed by atoms with Crippen LogP contribution in [0.3, 0.4) is 0 Å². The molecule has 1 aromatic carbocycles. The number of piperidine rings is 1. The van der Waals surface area contributed by atoms with Gasteiger partial charge in [0.2, 0.25) is 0 Å². The van der Waals surface area contributed by atoms with Crippen LogP contribution in [0, 0.1) is 0 Å². The van der Waals surface area contributed by atoms with Crippen molar-refractivity contribution in [3.8, 4) is 0 Å². The summed E-state index contributed by atoms with van der Waals surface area (Å²) in [5, 5.41) is 0.759. The third-order valence-corrected chi connectivity index (χ3v) is 4.36. The zero-order valence-electron chi connectivity index (χ0n) is 10.9. The van der Waals surface area contributed by atoms with Crippen LogP contribution in [-0.4, -0.2) is 34.6 Å². The third-order valence-electron chi connectivity index (χ3n) is 3.82. The minimum Gasteiger partial charge on any atom is -0.321 e. The second kappa shape index (κ2) is 5.31. The van der Waals surface area contributed by atoms with Crippen molar-refractivity contribution in [2.24, 2.45) is 0 Å². The van der Waals surface area contributed by atoms with Crippen molar-refractivity contribution in [3.63, 3.8) is 0 Å². The molecule has 0 amide bonds. The molecule has 1 aliphatic rings. The molecule has 1 unspecified atom stereocenters. The van der Waals surface area contributed by atoms with Gasteiger partial charge < -0.3 is 9.47 Å². The van der Waals surface area contributed by atoms with Gasteiger partial charge in [-0.1, -0.05) is 17.7 Å². The summed E-state index contributed by atoms with van der Waals surface area (Å²) in [5.41, 5.74) is 1.97. The number of fused-ring (bicyclic) bond motifs is 1. The van der Waals surface area contributed by atoms with Gasteiger partial charge in [-0.05, 0) is 38.6 Å². The van der Waals surface area contributed by atoms with Gasteiger partial charge in [0.25, 0.3) is 0 Å². The van der Waals surface area contributed by atoms with Gasteiger partial charge in [-0.15, -0.1) is 11.6 Å². The molecule has 5 heteroatoms. The van der Waals surface area contributed by atoms with Crippen LogP contribution in [0.1, 0.15) is 24.7 Å². The molecule has 1 aliphatic heterocycles. The summed E-state index contributed by atoms with van der Waals surface area (Å²) < 4.78 is 2.25. The van der Waals surface area contributed by atoms with Gasteiger partial charge in [0.05, 0.1) is 21.9 Å². The van der Waals surface area contributed by atoms with Crippen LogP contribution in [0.5, 0.6) is 0 Å². The van der Waals surface area contributed by atoms with Gasteiger partial charge in [0, 0.05) is 12.6 Å². The first-order chi connectivity index (χ1) is 9.20. The second-order valence-corrected chi connectivity index (χ2v) is 5.87. The molecule has 0 radical (unpaired) electrons. The summed E-state index contributed by atoms with van der Waals surface area (Å²) in [6.45, 7) is 2.19. The minimum absolute atomic E-state index is 0.414. The normalized spacial score (nSPS) is 21.1. The number of hydrogen-bond acceptors (Lipinski definition) is 2. The van der Waals surface area contributed by atoms with Crippen LogP contribution in [-0.2, 0) is 5.88 Å². The SMILES string of the molecule is CN1CCCC(n2c(CCl)nc3cccc(Cl)c32)C1. The lowest BCUT2D eigenvalue weighted by molar-refractivity contribution is 0.213. The highest BCUT2D eigenvalue weighted by molar-refractivity contribution is 6.35. The maximum Gasteiger partial charge on any atom is 0.125 e. The lowest BCUT2D eigenvalue weighted by atomic mass is 10.1. The molecule has 19 heavy (non-hydrogen) atoms. The Hall–Kier alpha value is -0.770. The first-order valence-electron chi connectivity index (χ1n) is 6.60. The molecule has 102 valence electrons. The highest BCUT2D eigenvalue weighted by Crippen LogP contribution is 2.31. The van der Waals surface area contributed by atoms with Crippen molar-refractivity contribution in [1.29, 1.82) is 0 Å². The summed E-state index contributed by atoms with van der Waals surface area (Å²) in [7, 11) is 2.16. The molecule has 2 heterocycles. The highest BCUT2D eigenvalue weighted by Gasteiger charge is 2.24. The summed E-state index contributed by atoms with van der Waals surface area (Å²) >= 11 is 12.4. The number of likely N-dealkylation sites (N-methyl/N-ethyl adjacent to an activating group) is 1.